The van der Waals surface area contributed by atoms with Gasteiger partial charge < -0.3 is 10.1 Å². The van der Waals surface area contributed by atoms with Crippen molar-refractivity contribution in [2.24, 2.45) is 0 Å². The van der Waals surface area contributed by atoms with E-state index in [9.17, 15) is 9.18 Å². The van der Waals surface area contributed by atoms with Gasteiger partial charge in [-0.15, -0.1) is 11.3 Å². The second-order valence-electron chi connectivity index (χ2n) is 7.15. The average molecular weight is 370 g/mol. The van der Waals surface area contributed by atoms with E-state index >= 15 is 0 Å². The van der Waals surface area contributed by atoms with E-state index in [1.54, 1.807) is 11.3 Å². The minimum atomic E-state index is -0.769. The Hall–Kier alpha value is -1.02. The van der Waals surface area contributed by atoms with E-state index in [0.717, 1.165) is 32.6 Å². The maximum atomic E-state index is 13.9. The van der Waals surface area contributed by atoms with Gasteiger partial charge in [0, 0.05) is 49.8 Å². The SMILES string of the molecule is CN(CC(=O)NC1CCOCC1)C[C@@H]1C[C@H](F)CN1Cc1cccs1. The molecule has 0 spiro atoms. The molecule has 140 valence electrons. The van der Waals surface area contributed by atoms with E-state index in [0.29, 0.717) is 26.1 Å². The molecule has 0 aromatic carbocycles. The third kappa shape index (κ3) is 5.74. The summed E-state index contributed by atoms with van der Waals surface area (Å²) in [7, 11) is 1.94. The highest BCUT2D eigenvalue weighted by Crippen LogP contribution is 2.24. The lowest BCUT2D eigenvalue weighted by molar-refractivity contribution is -0.123. The topological polar surface area (TPSA) is 44.8 Å². The molecular weight excluding hydrogens is 341 g/mol. The van der Waals surface area contributed by atoms with Crippen LogP contribution < -0.4 is 5.32 Å². The Morgan fingerprint density at radius 2 is 2.28 bits per heavy atom. The van der Waals surface area contributed by atoms with Crippen LogP contribution in [0.3, 0.4) is 0 Å². The Morgan fingerprint density at radius 1 is 1.48 bits per heavy atom. The quantitative estimate of drug-likeness (QED) is 0.797. The van der Waals surface area contributed by atoms with Gasteiger partial charge in [0.1, 0.15) is 6.17 Å². The van der Waals surface area contributed by atoms with Crippen molar-refractivity contribution in [3.8, 4) is 0 Å². The number of rotatable bonds is 7. The predicted octanol–water partition coefficient (Wildman–Crippen LogP) is 1.89. The van der Waals surface area contributed by atoms with Gasteiger partial charge in [-0.2, -0.15) is 0 Å². The number of ether oxygens (including phenoxy) is 1. The van der Waals surface area contributed by atoms with Gasteiger partial charge in [0.2, 0.25) is 5.91 Å². The Bertz CT molecular complexity index is 536. The first kappa shape index (κ1) is 18.8. The van der Waals surface area contributed by atoms with Crippen molar-refractivity contribution in [3.05, 3.63) is 22.4 Å². The number of carbonyl (C=O) groups excluding carboxylic acids is 1. The van der Waals surface area contributed by atoms with Gasteiger partial charge >= 0.3 is 0 Å². The molecule has 7 heteroatoms. The molecule has 1 amide bonds. The zero-order valence-corrected chi connectivity index (χ0v) is 15.6. The van der Waals surface area contributed by atoms with Crippen molar-refractivity contribution < 1.29 is 13.9 Å². The molecule has 3 rings (SSSR count). The highest BCUT2D eigenvalue weighted by Gasteiger charge is 2.33. The molecule has 5 nitrogen and oxygen atoms in total. The first-order chi connectivity index (χ1) is 12.1. The molecule has 0 unspecified atom stereocenters. The molecule has 1 aromatic heterocycles. The molecule has 0 radical (unpaired) electrons. The summed E-state index contributed by atoms with van der Waals surface area (Å²) in [5, 5.41) is 5.14. The van der Waals surface area contributed by atoms with E-state index in [1.807, 2.05) is 18.0 Å². The van der Waals surface area contributed by atoms with Crippen LogP contribution in [0.2, 0.25) is 0 Å². The average Bonchev–Trinajstić information content (AvgIpc) is 3.18. The minimum absolute atomic E-state index is 0.0500. The molecule has 25 heavy (non-hydrogen) atoms. The van der Waals surface area contributed by atoms with Crippen LogP contribution in [0.4, 0.5) is 4.39 Å². The van der Waals surface area contributed by atoms with E-state index in [4.69, 9.17) is 4.74 Å². The summed E-state index contributed by atoms with van der Waals surface area (Å²) >= 11 is 1.71. The number of hydrogen-bond donors (Lipinski definition) is 1. The van der Waals surface area contributed by atoms with Crippen LogP contribution in [-0.4, -0.2) is 73.9 Å². The fraction of sp³-hybridized carbons (Fsp3) is 0.722. The molecule has 2 aliphatic heterocycles. The lowest BCUT2D eigenvalue weighted by Crippen LogP contribution is -2.46. The highest BCUT2D eigenvalue weighted by atomic mass is 32.1. The van der Waals surface area contributed by atoms with Crippen molar-refractivity contribution in [2.45, 2.75) is 44.1 Å². The lowest BCUT2D eigenvalue weighted by Gasteiger charge is -2.28. The van der Waals surface area contributed by atoms with Crippen LogP contribution in [0.15, 0.2) is 17.5 Å². The van der Waals surface area contributed by atoms with Crippen molar-refractivity contribution >= 4 is 17.2 Å². The van der Waals surface area contributed by atoms with E-state index in [1.165, 1.54) is 4.88 Å². The second-order valence-corrected chi connectivity index (χ2v) is 8.18. The third-order valence-corrected chi connectivity index (χ3v) is 5.80. The number of carbonyl (C=O) groups is 1. The van der Waals surface area contributed by atoms with Crippen molar-refractivity contribution in [2.75, 3.05) is 39.9 Å². The number of likely N-dealkylation sites (N-methyl/N-ethyl adjacent to an activating group) is 1. The summed E-state index contributed by atoms with van der Waals surface area (Å²) in [6, 6.07) is 4.52. The third-order valence-electron chi connectivity index (χ3n) is 4.94. The van der Waals surface area contributed by atoms with Crippen LogP contribution >= 0.6 is 11.3 Å². The summed E-state index contributed by atoms with van der Waals surface area (Å²) in [5.41, 5.74) is 0. The summed E-state index contributed by atoms with van der Waals surface area (Å²) in [6.45, 7) is 3.80. The molecule has 2 atom stereocenters. The van der Waals surface area contributed by atoms with E-state index in [-0.39, 0.29) is 18.0 Å². The lowest BCUT2D eigenvalue weighted by atomic mass is 10.1. The van der Waals surface area contributed by atoms with Gasteiger partial charge in [-0.1, -0.05) is 6.07 Å². The number of nitrogens with one attached hydrogen (secondary N) is 1. The molecule has 0 bridgehead atoms. The number of thiophene rings is 1. The summed E-state index contributed by atoms with van der Waals surface area (Å²) < 4.78 is 19.2. The minimum Gasteiger partial charge on any atom is -0.381 e. The molecule has 0 aliphatic carbocycles. The zero-order chi connectivity index (χ0) is 17.6. The number of hydrogen-bond acceptors (Lipinski definition) is 5. The molecule has 1 N–H and O–H groups in total. The van der Waals surface area contributed by atoms with Crippen molar-refractivity contribution in [1.82, 2.24) is 15.1 Å². The summed E-state index contributed by atoms with van der Waals surface area (Å²) in [5.74, 6) is 0.0500. The predicted molar refractivity (Wildman–Crippen MR) is 97.5 cm³/mol. The number of nitrogens with zero attached hydrogens (tertiary/aromatic N) is 2. The fourth-order valence-electron chi connectivity index (χ4n) is 3.69. The van der Waals surface area contributed by atoms with Crippen molar-refractivity contribution in [3.63, 3.8) is 0 Å². The van der Waals surface area contributed by atoms with Gasteiger partial charge in [0.15, 0.2) is 0 Å². The Labute approximate surface area is 153 Å². The van der Waals surface area contributed by atoms with Crippen LogP contribution in [0.5, 0.6) is 0 Å². The Kier molecular flexibility index (Phi) is 6.81. The smallest absolute Gasteiger partial charge is 0.234 e. The van der Waals surface area contributed by atoms with E-state index < -0.39 is 6.17 Å². The highest BCUT2D eigenvalue weighted by molar-refractivity contribution is 7.09. The van der Waals surface area contributed by atoms with Crippen LogP contribution in [0.25, 0.3) is 0 Å². The van der Waals surface area contributed by atoms with E-state index in [2.05, 4.69) is 21.7 Å². The number of halogens is 1. The molecule has 2 fully saturated rings. The normalized spacial score (nSPS) is 25.6. The largest absolute Gasteiger partial charge is 0.381 e. The Morgan fingerprint density at radius 3 is 3.00 bits per heavy atom. The molecule has 2 aliphatic rings. The first-order valence-electron chi connectivity index (χ1n) is 9.06. The molecular formula is C18H28FN3O2S. The zero-order valence-electron chi connectivity index (χ0n) is 14.8. The number of alkyl halides is 1. The molecule has 0 saturated carbocycles. The van der Waals surface area contributed by atoms with Crippen LogP contribution in [0.1, 0.15) is 24.1 Å². The van der Waals surface area contributed by atoms with Gasteiger partial charge in [0.05, 0.1) is 6.54 Å². The second kappa shape index (κ2) is 9.07. The summed E-state index contributed by atoms with van der Waals surface area (Å²) in [6.07, 6.45) is 1.55. The fourth-order valence-corrected chi connectivity index (χ4v) is 4.42. The summed E-state index contributed by atoms with van der Waals surface area (Å²) in [4.78, 5) is 17.7. The number of likely N-dealkylation sites (tertiary alicyclic amines) is 1. The number of amides is 1. The molecule has 2 saturated heterocycles. The first-order valence-corrected chi connectivity index (χ1v) is 9.94. The van der Waals surface area contributed by atoms with Gasteiger partial charge in [-0.05, 0) is 37.8 Å². The van der Waals surface area contributed by atoms with Gasteiger partial charge in [-0.3, -0.25) is 14.6 Å². The Balaban J connectivity index is 1.45. The van der Waals surface area contributed by atoms with Gasteiger partial charge in [0.25, 0.3) is 0 Å². The van der Waals surface area contributed by atoms with Crippen LogP contribution in [-0.2, 0) is 16.1 Å². The standard InChI is InChI=1S/C18H28FN3O2S/c1-21(13-18(23)20-15-4-6-24-7-5-15)11-16-9-14(19)10-22(16)12-17-3-2-8-25-17/h2-3,8,14-16H,4-7,9-13H2,1H3,(H,20,23)/t14-,16-/m0/s1. The maximum Gasteiger partial charge on any atom is 0.234 e. The molecule has 1 aromatic rings. The van der Waals surface area contributed by atoms with Crippen molar-refractivity contribution in [1.29, 1.82) is 0 Å². The maximum absolute atomic E-state index is 13.9. The van der Waals surface area contributed by atoms with Gasteiger partial charge in [-0.25, -0.2) is 4.39 Å². The molecule has 3 heterocycles. The van der Waals surface area contributed by atoms with Crippen LogP contribution in [0, 0.1) is 0 Å². The monoisotopic (exact) mass is 369 g/mol.